The van der Waals surface area contributed by atoms with Gasteiger partial charge in [0, 0.05) is 5.56 Å². The Labute approximate surface area is 143 Å². The minimum atomic E-state index is -1.59. The molecule has 25 heavy (non-hydrogen) atoms. The van der Waals surface area contributed by atoms with Crippen molar-refractivity contribution in [3.63, 3.8) is 0 Å². The van der Waals surface area contributed by atoms with Crippen molar-refractivity contribution < 1.29 is 33.7 Å². The van der Waals surface area contributed by atoms with Gasteiger partial charge >= 0.3 is 18.1 Å². The largest absolute Gasteiger partial charge is 0.511 e. The van der Waals surface area contributed by atoms with Gasteiger partial charge in [-0.05, 0) is 24.6 Å². The fraction of sp³-hybridized carbons (Fsp3) is 0.167. The Morgan fingerprint density at radius 3 is 2.24 bits per heavy atom. The molecular formula is C18H16O7. The van der Waals surface area contributed by atoms with Crippen LogP contribution in [0.25, 0.3) is 11.1 Å². The molecule has 2 rings (SSSR count). The second-order valence-electron chi connectivity index (χ2n) is 4.81. The highest BCUT2D eigenvalue weighted by molar-refractivity contribution is 6.08. The van der Waals surface area contributed by atoms with Gasteiger partial charge in [0.1, 0.15) is 11.3 Å². The lowest BCUT2D eigenvalue weighted by Crippen LogP contribution is -2.15. The summed E-state index contributed by atoms with van der Waals surface area (Å²) in [6.45, 7) is 1.68. The number of rotatable bonds is 5. The van der Waals surface area contributed by atoms with E-state index in [1.807, 2.05) is 0 Å². The molecule has 0 aliphatic carbocycles. The predicted octanol–water partition coefficient (Wildman–Crippen LogP) is 3.37. The van der Waals surface area contributed by atoms with E-state index in [1.165, 1.54) is 19.2 Å². The molecule has 0 aliphatic heterocycles. The molecule has 0 unspecified atom stereocenters. The van der Waals surface area contributed by atoms with Crippen LogP contribution in [0.2, 0.25) is 0 Å². The summed E-state index contributed by atoms with van der Waals surface area (Å²) in [7, 11) is 1.21. The van der Waals surface area contributed by atoms with E-state index < -0.39 is 18.1 Å². The van der Waals surface area contributed by atoms with Crippen LogP contribution in [-0.2, 0) is 9.47 Å². The number of hydrogen-bond donors (Lipinski definition) is 1. The summed E-state index contributed by atoms with van der Waals surface area (Å²) in [5.74, 6) is -1.70. The van der Waals surface area contributed by atoms with E-state index in [1.54, 1.807) is 37.3 Å². The Hall–Kier alpha value is -3.35. The molecule has 2 aromatic carbocycles. The van der Waals surface area contributed by atoms with Gasteiger partial charge in [0.15, 0.2) is 0 Å². The number of ether oxygens (including phenoxy) is 3. The second-order valence-corrected chi connectivity index (χ2v) is 4.81. The van der Waals surface area contributed by atoms with Gasteiger partial charge < -0.3 is 19.3 Å². The average molecular weight is 344 g/mol. The monoisotopic (exact) mass is 344 g/mol. The van der Waals surface area contributed by atoms with Gasteiger partial charge in [-0.15, -0.1) is 0 Å². The number of methoxy groups -OCH3 is 1. The standard InChI is InChI=1S/C18H16O7/c1-3-24-17(20)15-13(25-18(21)22)10-9-12(16(19)23-2)14(15)11-7-5-4-6-8-11/h4-10H,3H2,1-2H3,(H,21,22). The molecule has 130 valence electrons. The molecule has 7 nitrogen and oxygen atoms in total. The fourth-order valence-corrected chi connectivity index (χ4v) is 2.35. The van der Waals surface area contributed by atoms with Crippen LogP contribution in [0.15, 0.2) is 42.5 Å². The third-order valence-electron chi connectivity index (χ3n) is 3.31. The maximum absolute atomic E-state index is 12.5. The predicted molar refractivity (Wildman–Crippen MR) is 87.8 cm³/mol. The van der Waals surface area contributed by atoms with Crippen LogP contribution in [0.4, 0.5) is 4.79 Å². The summed E-state index contributed by atoms with van der Waals surface area (Å²) in [4.78, 5) is 35.6. The quantitative estimate of drug-likeness (QED) is 0.655. The van der Waals surface area contributed by atoms with E-state index in [4.69, 9.17) is 19.3 Å². The topological polar surface area (TPSA) is 99.1 Å². The van der Waals surface area contributed by atoms with Crippen LogP contribution in [0.3, 0.4) is 0 Å². The molecule has 0 spiro atoms. The molecule has 0 saturated carbocycles. The van der Waals surface area contributed by atoms with Crippen molar-refractivity contribution in [1.82, 2.24) is 0 Å². The molecule has 0 atom stereocenters. The van der Waals surface area contributed by atoms with E-state index in [-0.39, 0.29) is 29.0 Å². The highest BCUT2D eigenvalue weighted by Crippen LogP contribution is 2.35. The van der Waals surface area contributed by atoms with Gasteiger partial charge in [0.05, 0.1) is 19.3 Å². The minimum absolute atomic E-state index is 0.0715. The summed E-state index contributed by atoms with van der Waals surface area (Å²) in [5.41, 5.74) is 0.638. The zero-order chi connectivity index (χ0) is 18.4. The Kier molecular flexibility index (Phi) is 5.73. The smallest absolute Gasteiger partial charge is 0.465 e. The molecule has 0 fully saturated rings. The van der Waals surface area contributed by atoms with Gasteiger partial charge in [0.2, 0.25) is 0 Å². The molecule has 0 bridgehead atoms. The highest BCUT2D eigenvalue weighted by Gasteiger charge is 2.27. The lowest BCUT2D eigenvalue weighted by atomic mass is 9.93. The van der Waals surface area contributed by atoms with Crippen molar-refractivity contribution in [3.8, 4) is 16.9 Å². The van der Waals surface area contributed by atoms with E-state index in [9.17, 15) is 14.4 Å². The lowest BCUT2D eigenvalue weighted by molar-refractivity contribution is 0.0523. The Morgan fingerprint density at radius 2 is 1.68 bits per heavy atom. The first-order valence-electron chi connectivity index (χ1n) is 7.38. The minimum Gasteiger partial charge on any atom is -0.465 e. The summed E-state index contributed by atoms with van der Waals surface area (Å²) in [5, 5.41) is 8.92. The van der Waals surface area contributed by atoms with Crippen molar-refractivity contribution in [1.29, 1.82) is 0 Å². The SMILES string of the molecule is CCOC(=O)c1c(OC(=O)O)ccc(C(=O)OC)c1-c1ccccc1. The van der Waals surface area contributed by atoms with Gasteiger partial charge in [-0.2, -0.15) is 0 Å². The van der Waals surface area contributed by atoms with E-state index in [0.717, 1.165) is 0 Å². The zero-order valence-electron chi connectivity index (χ0n) is 13.6. The van der Waals surface area contributed by atoms with Gasteiger partial charge in [-0.25, -0.2) is 14.4 Å². The highest BCUT2D eigenvalue weighted by atomic mass is 16.7. The first-order valence-corrected chi connectivity index (χ1v) is 7.38. The third-order valence-corrected chi connectivity index (χ3v) is 3.31. The Bertz CT molecular complexity index is 797. The number of esters is 2. The van der Waals surface area contributed by atoms with Crippen LogP contribution in [0, 0.1) is 0 Å². The van der Waals surface area contributed by atoms with Gasteiger partial charge in [-0.1, -0.05) is 30.3 Å². The summed E-state index contributed by atoms with van der Waals surface area (Å²) < 4.78 is 14.5. The van der Waals surface area contributed by atoms with Crippen LogP contribution in [0.1, 0.15) is 27.6 Å². The van der Waals surface area contributed by atoms with Crippen molar-refractivity contribution in [2.45, 2.75) is 6.92 Å². The molecule has 0 aliphatic rings. The van der Waals surface area contributed by atoms with Crippen molar-refractivity contribution >= 4 is 18.1 Å². The number of benzene rings is 2. The molecule has 0 saturated heterocycles. The summed E-state index contributed by atoms with van der Waals surface area (Å²) in [6.07, 6.45) is -1.59. The third kappa shape index (κ3) is 3.95. The fourth-order valence-electron chi connectivity index (χ4n) is 2.35. The Balaban J connectivity index is 2.82. The van der Waals surface area contributed by atoms with Crippen LogP contribution in [-0.4, -0.2) is 36.9 Å². The Morgan fingerprint density at radius 1 is 1.00 bits per heavy atom. The van der Waals surface area contributed by atoms with Gasteiger partial charge in [0.25, 0.3) is 0 Å². The van der Waals surface area contributed by atoms with Crippen molar-refractivity contribution in [2.24, 2.45) is 0 Å². The summed E-state index contributed by atoms with van der Waals surface area (Å²) in [6, 6.07) is 11.1. The lowest BCUT2D eigenvalue weighted by Gasteiger charge is -2.16. The molecule has 0 heterocycles. The normalized spacial score (nSPS) is 10.0. The zero-order valence-corrected chi connectivity index (χ0v) is 13.6. The summed E-state index contributed by atoms with van der Waals surface area (Å²) >= 11 is 0. The van der Waals surface area contributed by atoms with E-state index in [2.05, 4.69) is 0 Å². The number of hydrogen-bond acceptors (Lipinski definition) is 6. The molecule has 0 amide bonds. The molecule has 2 aromatic rings. The maximum atomic E-state index is 12.5. The van der Waals surface area contributed by atoms with Crippen LogP contribution >= 0.6 is 0 Å². The molecular weight excluding hydrogens is 328 g/mol. The number of carboxylic acid groups (broad SMARTS) is 1. The molecule has 7 heteroatoms. The van der Waals surface area contributed by atoms with Crippen LogP contribution < -0.4 is 4.74 Å². The van der Waals surface area contributed by atoms with Crippen LogP contribution in [0.5, 0.6) is 5.75 Å². The average Bonchev–Trinajstić information content (AvgIpc) is 2.61. The molecule has 0 aromatic heterocycles. The number of carbonyl (C=O) groups is 3. The van der Waals surface area contributed by atoms with E-state index >= 15 is 0 Å². The first-order chi connectivity index (χ1) is 12.0. The number of carbonyl (C=O) groups excluding carboxylic acids is 2. The van der Waals surface area contributed by atoms with Crippen molar-refractivity contribution in [2.75, 3.05) is 13.7 Å². The second kappa shape index (κ2) is 7.96. The maximum Gasteiger partial charge on any atom is 0.511 e. The van der Waals surface area contributed by atoms with Crippen molar-refractivity contribution in [3.05, 3.63) is 53.6 Å². The van der Waals surface area contributed by atoms with E-state index in [0.29, 0.717) is 5.56 Å². The van der Waals surface area contributed by atoms with Gasteiger partial charge in [-0.3, -0.25) is 0 Å². The molecule has 1 N–H and O–H groups in total. The molecule has 0 radical (unpaired) electrons. The first kappa shape index (κ1) is 18.0.